The van der Waals surface area contributed by atoms with Gasteiger partial charge in [0.05, 0.1) is 12.6 Å². The molecule has 90 valence electrons. The number of carbonyl (C=O) groups excluding carboxylic acids is 1. The molecule has 0 heterocycles. The molecule has 0 aromatic carbocycles. The third kappa shape index (κ3) is 6.35. The van der Waals surface area contributed by atoms with Gasteiger partial charge in [-0.3, -0.25) is 4.79 Å². The summed E-state index contributed by atoms with van der Waals surface area (Å²) in [6, 6.07) is -0.778. The van der Waals surface area contributed by atoms with Crippen LogP contribution in [0, 0.1) is 5.92 Å². The van der Waals surface area contributed by atoms with E-state index in [4.69, 9.17) is 10.8 Å². The van der Waals surface area contributed by atoms with Gasteiger partial charge >= 0.3 is 0 Å². The van der Waals surface area contributed by atoms with Gasteiger partial charge in [0.15, 0.2) is 0 Å². The maximum absolute atomic E-state index is 12.5. The Morgan fingerprint density at radius 1 is 1.53 bits per heavy atom. The lowest BCUT2D eigenvalue weighted by Gasteiger charge is -2.17. The third-order valence-corrected chi connectivity index (χ3v) is 1.81. The Morgan fingerprint density at radius 3 is 2.47 bits per heavy atom. The van der Waals surface area contributed by atoms with Gasteiger partial charge in [-0.15, -0.1) is 0 Å². The summed E-state index contributed by atoms with van der Waals surface area (Å²) in [4.78, 5) is 11.2. The van der Waals surface area contributed by atoms with Crippen LogP contribution in [0.3, 0.4) is 0 Å². The highest BCUT2D eigenvalue weighted by atomic mass is 19.3. The van der Waals surface area contributed by atoms with Crippen LogP contribution in [0.1, 0.15) is 20.3 Å². The molecule has 0 radical (unpaired) electrons. The van der Waals surface area contributed by atoms with Crippen molar-refractivity contribution >= 4 is 5.91 Å². The first-order valence-corrected chi connectivity index (χ1v) is 4.80. The minimum absolute atomic E-state index is 0.226. The zero-order valence-electron chi connectivity index (χ0n) is 8.96. The van der Waals surface area contributed by atoms with Crippen molar-refractivity contribution in [2.75, 3.05) is 13.2 Å². The number of carbonyl (C=O) groups is 1. The number of halogens is 2. The van der Waals surface area contributed by atoms with Gasteiger partial charge in [0.2, 0.25) is 5.91 Å². The summed E-state index contributed by atoms with van der Waals surface area (Å²) >= 11 is 0. The SMILES string of the molecule is CC(C)CC(N)C(=O)NCC(F)(F)CO. The quantitative estimate of drug-likeness (QED) is 0.599. The van der Waals surface area contributed by atoms with E-state index in [-0.39, 0.29) is 5.92 Å². The molecule has 1 amide bonds. The molecule has 0 aliphatic rings. The van der Waals surface area contributed by atoms with Crippen LogP contribution in [0.15, 0.2) is 0 Å². The van der Waals surface area contributed by atoms with Gasteiger partial charge in [-0.2, -0.15) is 0 Å². The summed E-state index contributed by atoms with van der Waals surface area (Å²) < 4.78 is 25.1. The highest BCUT2D eigenvalue weighted by molar-refractivity contribution is 5.81. The molecule has 0 aliphatic carbocycles. The van der Waals surface area contributed by atoms with E-state index >= 15 is 0 Å². The second-order valence-corrected chi connectivity index (χ2v) is 3.97. The van der Waals surface area contributed by atoms with Crippen LogP contribution in [-0.4, -0.2) is 36.1 Å². The van der Waals surface area contributed by atoms with E-state index in [0.29, 0.717) is 6.42 Å². The molecule has 0 spiro atoms. The second kappa shape index (κ2) is 5.97. The lowest BCUT2D eigenvalue weighted by Crippen LogP contribution is -2.46. The number of amides is 1. The lowest BCUT2D eigenvalue weighted by molar-refractivity contribution is -0.125. The molecule has 0 aliphatic heterocycles. The fourth-order valence-corrected chi connectivity index (χ4v) is 1.02. The van der Waals surface area contributed by atoms with Crippen molar-refractivity contribution in [1.29, 1.82) is 0 Å². The summed E-state index contributed by atoms with van der Waals surface area (Å²) in [6.07, 6.45) is 0.441. The molecule has 0 saturated carbocycles. The first kappa shape index (κ1) is 14.2. The molecule has 1 atom stereocenters. The average molecular weight is 224 g/mol. The number of hydrogen-bond acceptors (Lipinski definition) is 3. The van der Waals surface area contributed by atoms with Gasteiger partial charge in [-0.25, -0.2) is 8.78 Å². The Bertz CT molecular complexity index is 210. The molecular formula is C9H18F2N2O2. The number of hydrogen-bond donors (Lipinski definition) is 3. The van der Waals surface area contributed by atoms with Gasteiger partial charge in [0.25, 0.3) is 5.92 Å². The first-order valence-electron chi connectivity index (χ1n) is 4.80. The van der Waals surface area contributed by atoms with E-state index in [1.165, 1.54) is 0 Å². The molecule has 0 bridgehead atoms. The van der Waals surface area contributed by atoms with E-state index in [1.807, 2.05) is 19.2 Å². The van der Waals surface area contributed by atoms with Crippen molar-refractivity contribution in [1.82, 2.24) is 5.32 Å². The minimum atomic E-state index is -3.28. The molecule has 0 aromatic heterocycles. The van der Waals surface area contributed by atoms with Crippen molar-refractivity contribution < 1.29 is 18.7 Å². The smallest absolute Gasteiger partial charge is 0.287 e. The van der Waals surface area contributed by atoms with Crippen LogP contribution in [0.5, 0.6) is 0 Å². The Labute approximate surface area is 87.8 Å². The summed E-state index contributed by atoms with van der Waals surface area (Å²) in [5, 5.41) is 10.3. The van der Waals surface area contributed by atoms with Crippen molar-refractivity contribution in [2.45, 2.75) is 32.2 Å². The van der Waals surface area contributed by atoms with E-state index in [1.54, 1.807) is 0 Å². The molecule has 0 fully saturated rings. The fraction of sp³-hybridized carbons (Fsp3) is 0.889. The Balaban J connectivity index is 3.93. The standard InChI is InChI=1S/C9H18F2N2O2/c1-6(2)3-7(12)8(15)13-4-9(10,11)5-14/h6-7,14H,3-5,12H2,1-2H3,(H,13,15). The molecule has 6 heteroatoms. The van der Waals surface area contributed by atoms with E-state index in [2.05, 4.69) is 0 Å². The summed E-state index contributed by atoms with van der Waals surface area (Å²) in [6.45, 7) is 1.60. The van der Waals surface area contributed by atoms with Crippen LogP contribution in [0.2, 0.25) is 0 Å². The first-order chi connectivity index (χ1) is 6.78. The lowest BCUT2D eigenvalue weighted by atomic mass is 10.0. The number of aliphatic hydroxyl groups excluding tert-OH is 1. The molecule has 0 saturated heterocycles. The van der Waals surface area contributed by atoms with Crippen molar-refractivity contribution in [3.8, 4) is 0 Å². The fourth-order valence-electron chi connectivity index (χ4n) is 1.02. The van der Waals surface area contributed by atoms with Crippen LogP contribution in [0.4, 0.5) is 8.78 Å². The van der Waals surface area contributed by atoms with Gasteiger partial charge in [0, 0.05) is 0 Å². The van der Waals surface area contributed by atoms with E-state index in [0.717, 1.165) is 0 Å². The van der Waals surface area contributed by atoms with Crippen molar-refractivity contribution in [2.24, 2.45) is 11.7 Å². The highest BCUT2D eigenvalue weighted by Gasteiger charge is 2.29. The van der Waals surface area contributed by atoms with Gasteiger partial charge in [-0.1, -0.05) is 13.8 Å². The van der Waals surface area contributed by atoms with Gasteiger partial charge in [0.1, 0.15) is 6.61 Å². The average Bonchev–Trinajstić information content (AvgIpc) is 2.13. The van der Waals surface area contributed by atoms with Gasteiger partial charge < -0.3 is 16.2 Å². The summed E-state index contributed by atoms with van der Waals surface area (Å²) in [5.41, 5.74) is 5.47. The molecule has 15 heavy (non-hydrogen) atoms. The molecule has 4 nitrogen and oxygen atoms in total. The topological polar surface area (TPSA) is 75.4 Å². The third-order valence-electron chi connectivity index (χ3n) is 1.81. The zero-order valence-corrected chi connectivity index (χ0v) is 8.96. The Hall–Kier alpha value is -0.750. The maximum Gasteiger partial charge on any atom is 0.287 e. The predicted molar refractivity (Wildman–Crippen MR) is 52.5 cm³/mol. The second-order valence-electron chi connectivity index (χ2n) is 3.97. The molecule has 0 rings (SSSR count). The highest BCUT2D eigenvalue weighted by Crippen LogP contribution is 2.10. The van der Waals surface area contributed by atoms with Crippen LogP contribution < -0.4 is 11.1 Å². The Morgan fingerprint density at radius 2 is 2.07 bits per heavy atom. The number of nitrogens with two attached hydrogens (primary N) is 1. The van der Waals surface area contributed by atoms with E-state index < -0.39 is 31.0 Å². The van der Waals surface area contributed by atoms with Gasteiger partial charge in [-0.05, 0) is 12.3 Å². The number of rotatable bonds is 6. The number of aliphatic hydroxyl groups is 1. The van der Waals surface area contributed by atoms with Crippen LogP contribution in [0.25, 0.3) is 0 Å². The number of alkyl halides is 2. The predicted octanol–water partition coefficient (Wildman–Crippen LogP) is 0.104. The number of nitrogens with one attached hydrogen (secondary N) is 1. The monoisotopic (exact) mass is 224 g/mol. The normalized spacial score (nSPS) is 14.1. The molecule has 1 unspecified atom stereocenters. The van der Waals surface area contributed by atoms with Crippen molar-refractivity contribution in [3.05, 3.63) is 0 Å². The molecule has 4 N–H and O–H groups in total. The zero-order chi connectivity index (χ0) is 12.1. The Kier molecular flexibility index (Phi) is 5.67. The van der Waals surface area contributed by atoms with E-state index in [9.17, 15) is 13.6 Å². The van der Waals surface area contributed by atoms with Crippen LogP contribution >= 0.6 is 0 Å². The molecular weight excluding hydrogens is 206 g/mol. The van der Waals surface area contributed by atoms with Crippen molar-refractivity contribution in [3.63, 3.8) is 0 Å². The summed E-state index contributed by atoms with van der Waals surface area (Å²) in [5.74, 6) is -3.67. The summed E-state index contributed by atoms with van der Waals surface area (Å²) in [7, 11) is 0. The molecule has 0 aromatic rings. The largest absolute Gasteiger partial charge is 0.390 e. The minimum Gasteiger partial charge on any atom is -0.390 e. The maximum atomic E-state index is 12.5. The van der Waals surface area contributed by atoms with Crippen LogP contribution in [-0.2, 0) is 4.79 Å².